The van der Waals surface area contributed by atoms with Gasteiger partial charge < -0.3 is 15.2 Å². The van der Waals surface area contributed by atoms with Crippen LogP contribution >= 0.6 is 0 Å². The summed E-state index contributed by atoms with van der Waals surface area (Å²) in [6.07, 6.45) is 0.692. The van der Waals surface area contributed by atoms with Crippen molar-refractivity contribution in [3.63, 3.8) is 0 Å². The highest BCUT2D eigenvalue weighted by molar-refractivity contribution is 5.77. The highest BCUT2D eigenvalue weighted by Gasteiger charge is 2.09. The van der Waals surface area contributed by atoms with E-state index in [4.69, 9.17) is 9.84 Å². The minimum atomic E-state index is -0.131. The maximum atomic E-state index is 11.7. The monoisotopic (exact) mass is 279 g/mol. The second-order valence-corrected chi connectivity index (χ2v) is 5.40. The number of carbonyl (C=O) groups is 1. The van der Waals surface area contributed by atoms with E-state index in [1.807, 2.05) is 31.2 Å². The lowest BCUT2D eigenvalue weighted by atomic mass is 10.0. The van der Waals surface area contributed by atoms with E-state index in [0.29, 0.717) is 18.9 Å². The van der Waals surface area contributed by atoms with Crippen LogP contribution in [-0.4, -0.2) is 30.8 Å². The van der Waals surface area contributed by atoms with E-state index < -0.39 is 0 Å². The van der Waals surface area contributed by atoms with Gasteiger partial charge in [0.25, 0.3) is 5.91 Å². The molecule has 0 heterocycles. The molecule has 4 heteroatoms. The Bertz CT molecular complexity index is 418. The number of ether oxygens (including phenoxy) is 1. The number of benzene rings is 1. The van der Waals surface area contributed by atoms with Gasteiger partial charge in [-0.05, 0) is 29.9 Å². The average molecular weight is 279 g/mol. The van der Waals surface area contributed by atoms with Crippen molar-refractivity contribution >= 4 is 5.91 Å². The zero-order valence-electron chi connectivity index (χ0n) is 12.6. The summed E-state index contributed by atoms with van der Waals surface area (Å²) < 4.78 is 5.59. The molecule has 1 atom stereocenters. The van der Waals surface area contributed by atoms with Gasteiger partial charge in [0.2, 0.25) is 0 Å². The van der Waals surface area contributed by atoms with Gasteiger partial charge in [-0.15, -0.1) is 0 Å². The number of hydrogen-bond acceptors (Lipinski definition) is 3. The number of amides is 1. The summed E-state index contributed by atoms with van der Waals surface area (Å²) >= 11 is 0. The predicted molar refractivity (Wildman–Crippen MR) is 79.9 cm³/mol. The van der Waals surface area contributed by atoms with Crippen LogP contribution in [0.3, 0.4) is 0 Å². The van der Waals surface area contributed by atoms with E-state index in [2.05, 4.69) is 19.2 Å². The van der Waals surface area contributed by atoms with E-state index in [-0.39, 0.29) is 25.0 Å². The van der Waals surface area contributed by atoms with Crippen LogP contribution in [0.25, 0.3) is 0 Å². The van der Waals surface area contributed by atoms with Crippen molar-refractivity contribution in [1.82, 2.24) is 5.32 Å². The third kappa shape index (κ3) is 5.61. The molecule has 0 aliphatic rings. The van der Waals surface area contributed by atoms with Crippen molar-refractivity contribution in [1.29, 1.82) is 0 Å². The molecule has 1 aromatic rings. The Kier molecular flexibility index (Phi) is 7.09. The summed E-state index contributed by atoms with van der Waals surface area (Å²) in [6.45, 7) is 6.92. The number of hydrogen-bond donors (Lipinski definition) is 2. The Morgan fingerprint density at radius 2 is 2.00 bits per heavy atom. The Morgan fingerprint density at radius 3 is 2.65 bits per heavy atom. The summed E-state index contributed by atoms with van der Waals surface area (Å²) in [5.74, 6) is 1.26. The highest BCUT2D eigenvalue weighted by atomic mass is 16.5. The Balaban J connectivity index is 2.41. The fourth-order valence-corrected chi connectivity index (χ4v) is 1.89. The molecule has 0 spiro atoms. The molecule has 0 aromatic heterocycles. The number of para-hydroxylation sites is 1. The van der Waals surface area contributed by atoms with Crippen LogP contribution in [0.2, 0.25) is 0 Å². The maximum Gasteiger partial charge on any atom is 0.257 e. The molecule has 112 valence electrons. The molecule has 0 bridgehead atoms. The van der Waals surface area contributed by atoms with Gasteiger partial charge >= 0.3 is 0 Å². The van der Waals surface area contributed by atoms with E-state index >= 15 is 0 Å². The van der Waals surface area contributed by atoms with Gasteiger partial charge in [-0.2, -0.15) is 0 Å². The average Bonchev–Trinajstić information content (AvgIpc) is 2.43. The molecule has 1 amide bonds. The molecule has 0 aliphatic heterocycles. The quantitative estimate of drug-likeness (QED) is 0.768. The normalized spacial score (nSPS) is 12.2. The van der Waals surface area contributed by atoms with Gasteiger partial charge in [0, 0.05) is 13.2 Å². The lowest BCUT2D eigenvalue weighted by molar-refractivity contribution is -0.123. The summed E-state index contributed by atoms with van der Waals surface area (Å²) in [7, 11) is 0. The number of rotatable bonds is 8. The SMILES string of the molecule is CC(CCO)CNC(=O)COc1ccccc1C(C)C. The molecular weight excluding hydrogens is 254 g/mol. The number of aliphatic hydroxyl groups is 1. The van der Waals surface area contributed by atoms with Gasteiger partial charge in [-0.3, -0.25) is 4.79 Å². The largest absolute Gasteiger partial charge is 0.483 e. The van der Waals surface area contributed by atoms with Crippen molar-refractivity contribution in [2.75, 3.05) is 19.8 Å². The van der Waals surface area contributed by atoms with Crippen molar-refractivity contribution < 1.29 is 14.6 Å². The molecule has 1 rings (SSSR count). The second-order valence-electron chi connectivity index (χ2n) is 5.40. The van der Waals surface area contributed by atoms with Crippen molar-refractivity contribution in [3.8, 4) is 5.75 Å². The maximum absolute atomic E-state index is 11.7. The van der Waals surface area contributed by atoms with Crippen LogP contribution < -0.4 is 10.1 Å². The standard InChI is InChI=1S/C16H25NO3/c1-12(2)14-6-4-5-7-15(14)20-11-16(19)17-10-13(3)8-9-18/h4-7,12-13,18H,8-11H2,1-3H3,(H,17,19). The molecule has 0 aliphatic carbocycles. The number of aliphatic hydroxyl groups excluding tert-OH is 1. The molecule has 0 saturated carbocycles. The van der Waals surface area contributed by atoms with E-state index in [9.17, 15) is 4.79 Å². The summed E-state index contributed by atoms with van der Waals surface area (Å²) in [5, 5.41) is 11.6. The van der Waals surface area contributed by atoms with Crippen molar-refractivity contribution in [2.24, 2.45) is 5.92 Å². The minimum Gasteiger partial charge on any atom is -0.483 e. The first kappa shape index (κ1) is 16.5. The molecule has 1 aromatic carbocycles. The van der Waals surface area contributed by atoms with Crippen LogP contribution in [0.15, 0.2) is 24.3 Å². The fourth-order valence-electron chi connectivity index (χ4n) is 1.89. The lowest BCUT2D eigenvalue weighted by Gasteiger charge is -2.14. The lowest BCUT2D eigenvalue weighted by Crippen LogP contribution is -2.32. The van der Waals surface area contributed by atoms with Gasteiger partial charge in [0.05, 0.1) is 0 Å². The van der Waals surface area contributed by atoms with Crippen LogP contribution in [-0.2, 0) is 4.79 Å². The summed E-state index contributed by atoms with van der Waals surface area (Å²) in [4.78, 5) is 11.7. The second kappa shape index (κ2) is 8.59. The Labute approximate surface area is 121 Å². The highest BCUT2D eigenvalue weighted by Crippen LogP contribution is 2.25. The van der Waals surface area contributed by atoms with Crippen LogP contribution in [0.4, 0.5) is 0 Å². The van der Waals surface area contributed by atoms with E-state index in [0.717, 1.165) is 11.3 Å². The number of nitrogens with one attached hydrogen (secondary N) is 1. The summed E-state index contributed by atoms with van der Waals surface area (Å²) in [6, 6.07) is 7.78. The Hall–Kier alpha value is -1.55. The minimum absolute atomic E-state index is 0.0234. The van der Waals surface area contributed by atoms with Crippen molar-refractivity contribution in [3.05, 3.63) is 29.8 Å². The Morgan fingerprint density at radius 1 is 1.30 bits per heavy atom. The molecule has 0 radical (unpaired) electrons. The van der Waals surface area contributed by atoms with E-state index in [1.54, 1.807) is 0 Å². The smallest absolute Gasteiger partial charge is 0.257 e. The molecule has 20 heavy (non-hydrogen) atoms. The first-order valence-corrected chi connectivity index (χ1v) is 7.13. The first-order valence-electron chi connectivity index (χ1n) is 7.13. The van der Waals surface area contributed by atoms with Gasteiger partial charge in [0.1, 0.15) is 5.75 Å². The van der Waals surface area contributed by atoms with E-state index in [1.165, 1.54) is 0 Å². The van der Waals surface area contributed by atoms with Crippen molar-refractivity contribution in [2.45, 2.75) is 33.1 Å². The number of carbonyl (C=O) groups excluding carboxylic acids is 1. The van der Waals surface area contributed by atoms with Crippen LogP contribution in [0, 0.1) is 5.92 Å². The zero-order valence-corrected chi connectivity index (χ0v) is 12.6. The van der Waals surface area contributed by atoms with Gasteiger partial charge in [-0.25, -0.2) is 0 Å². The third-order valence-electron chi connectivity index (χ3n) is 3.17. The fraction of sp³-hybridized carbons (Fsp3) is 0.562. The van der Waals surface area contributed by atoms with Gasteiger partial charge in [0.15, 0.2) is 6.61 Å². The molecular formula is C16H25NO3. The topological polar surface area (TPSA) is 58.6 Å². The molecule has 4 nitrogen and oxygen atoms in total. The third-order valence-corrected chi connectivity index (χ3v) is 3.17. The first-order chi connectivity index (χ1) is 9.54. The molecule has 2 N–H and O–H groups in total. The predicted octanol–water partition coefficient (Wildman–Crippen LogP) is 2.32. The molecule has 0 saturated heterocycles. The van der Waals surface area contributed by atoms with Crippen LogP contribution in [0.5, 0.6) is 5.75 Å². The summed E-state index contributed by atoms with van der Waals surface area (Å²) in [5.41, 5.74) is 1.11. The zero-order chi connectivity index (χ0) is 15.0. The molecule has 1 unspecified atom stereocenters. The van der Waals surface area contributed by atoms with Gasteiger partial charge in [-0.1, -0.05) is 39.0 Å². The van der Waals surface area contributed by atoms with Crippen LogP contribution in [0.1, 0.15) is 38.7 Å². The molecule has 0 fully saturated rings.